The van der Waals surface area contributed by atoms with Gasteiger partial charge in [-0.1, -0.05) is 0 Å². The highest BCUT2D eigenvalue weighted by Gasteiger charge is 2.18. The highest BCUT2D eigenvalue weighted by atomic mass is 79.9. The highest BCUT2D eigenvalue weighted by Crippen LogP contribution is 2.28. The molecule has 0 spiro atoms. The Labute approximate surface area is 74.5 Å². The van der Waals surface area contributed by atoms with Gasteiger partial charge in [-0.3, -0.25) is 0 Å². The predicted molar refractivity (Wildman–Crippen MR) is 48.5 cm³/mol. The van der Waals surface area contributed by atoms with Crippen molar-refractivity contribution in [3.8, 4) is 0 Å². The van der Waals surface area contributed by atoms with Crippen molar-refractivity contribution in [3.05, 3.63) is 22.4 Å². The molecule has 2 rings (SSSR count). The van der Waals surface area contributed by atoms with Gasteiger partial charge >= 0.3 is 0 Å². The van der Waals surface area contributed by atoms with Gasteiger partial charge in [0.05, 0.1) is 4.60 Å². The van der Waals surface area contributed by atoms with Gasteiger partial charge in [0, 0.05) is 17.8 Å². The lowest BCUT2D eigenvalue weighted by molar-refractivity contribution is 0.645. The zero-order valence-electron chi connectivity index (χ0n) is 6.23. The molecule has 0 aromatic carbocycles. The first kappa shape index (κ1) is 7.37. The number of aromatic nitrogens is 1. The van der Waals surface area contributed by atoms with Crippen LogP contribution >= 0.6 is 15.9 Å². The van der Waals surface area contributed by atoms with Crippen LogP contribution in [-0.2, 0) is 0 Å². The van der Waals surface area contributed by atoms with Crippen LogP contribution in [0.1, 0.15) is 24.4 Å². The van der Waals surface area contributed by atoms with Gasteiger partial charge in [0.1, 0.15) is 0 Å². The van der Waals surface area contributed by atoms with E-state index in [9.17, 15) is 0 Å². The molecule has 1 unspecified atom stereocenters. The largest absolute Gasteiger partial charge is 0.356 e. The molecule has 0 radical (unpaired) electrons. The Morgan fingerprint density at radius 1 is 1.55 bits per heavy atom. The lowest BCUT2D eigenvalue weighted by Gasteiger charge is -2.07. The molecule has 1 aliphatic heterocycles. The number of halogens is 1. The summed E-state index contributed by atoms with van der Waals surface area (Å²) < 4.78 is 1.12. The number of nitrogens with one attached hydrogen (secondary N) is 2. The van der Waals surface area contributed by atoms with Crippen molar-refractivity contribution in [2.45, 2.75) is 18.9 Å². The van der Waals surface area contributed by atoms with Gasteiger partial charge in [0.15, 0.2) is 0 Å². The van der Waals surface area contributed by atoms with E-state index >= 15 is 0 Å². The van der Waals surface area contributed by atoms with Crippen LogP contribution in [0.2, 0.25) is 0 Å². The second kappa shape index (κ2) is 2.99. The molecule has 0 amide bonds. The van der Waals surface area contributed by atoms with E-state index < -0.39 is 0 Å². The molecule has 1 aliphatic rings. The third-order valence-corrected chi connectivity index (χ3v) is 2.85. The standard InChI is InChI=1S/C8H11BrN2/c9-8-6(3-5-11-8)7-2-1-4-10-7/h3,5,7,10-11H,1-2,4H2. The monoisotopic (exact) mass is 214 g/mol. The summed E-state index contributed by atoms with van der Waals surface area (Å²) in [6.45, 7) is 1.16. The Bertz CT molecular complexity index is 238. The van der Waals surface area contributed by atoms with Crippen LogP contribution in [0.15, 0.2) is 16.9 Å². The number of hydrogen-bond donors (Lipinski definition) is 2. The van der Waals surface area contributed by atoms with Crippen molar-refractivity contribution in [1.29, 1.82) is 0 Å². The molecular weight excluding hydrogens is 204 g/mol. The van der Waals surface area contributed by atoms with E-state index in [1.54, 1.807) is 0 Å². The van der Waals surface area contributed by atoms with E-state index in [1.807, 2.05) is 6.20 Å². The molecule has 2 N–H and O–H groups in total. The van der Waals surface area contributed by atoms with Gasteiger partial charge in [0.2, 0.25) is 0 Å². The topological polar surface area (TPSA) is 27.8 Å². The molecule has 1 aromatic rings. The van der Waals surface area contributed by atoms with E-state index in [4.69, 9.17) is 0 Å². The van der Waals surface area contributed by atoms with E-state index in [0.29, 0.717) is 6.04 Å². The first-order valence-corrected chi connectivity index (χ1v) is 4.73. The predicted octanol–water partition coefficient (Wildman–Crippen LogP) is 2.20. The third-order valence-electron chi connectivity index (χ3n) is 2.16. The lowest BCUT2D eigenvalue weighted by Crippen LogP contribution is -2.12. The van der Waals surface area contributed by atoms with Crippen molar-refractivity contribution in [3.63, 3.8) is 0 Å². The molecule has 60 valence electrons. The smallest absolute Gasteiger partial charge is 0.0868 e. The van der Waals surface area contributed by atoms with E-state index in [-0.39, 0.29) is 0 Å². The molecule has 0 saturated carbocycles. The van der Waals surface area contributed by atoms with E-state index in [0.717, 1.165) is 11.1 Å². The van der Waals surface area contributed by atoms with Crippen LogP contribution in [0, 0.1) is 0 Å². The van der Waals surface area contributed by atoms with Crippen molar-refractivity contribution < 1.29 is 0 Å². The minimum atomic E-state index is 0.565. The molecule has 1 saturated heterocycles. The first-order chi connectivity index (χ1) is 5.38. The molecule has 1 atom stereocenters. The summed E-state index contributed by atoms with van der Waals surface area (Å²) in [7, 11) is 0. The Morgan fingerprint density at radius 3 is 3.00 bits per heavy atom. The molecule has 1 fully saturated rings. The Balaban J connectivity index is 2.21. The van der Waals surface area contributed by atoms with Crippen molar-refractivity contribution in [1.82, 2.24) is 10.3 Å². The molecule has 1 aromatic heterocycles. The van der Waals surface area contributed by atoms with Gasteiger partial charge in [0.25, 0.3) is 0 Å². The molecule has 2 heterocycles. The van der Waals surface area contributed by atoms with Crippen LogP contribution in [0.25, 0.3) is 0 Å². The normalized spacial score (nSPS) is 24.3. The van der Waals surface area contributed by atoms with Gasteiger partial charge < -0.3 is 10.3 Å². The first-order valence-electron chi connectivity index (χ1n) is 3.94. The lowest BCUT2D eigenvalue weighted by atomic mass is 10.1. The molecule has 0 bridgehead atoms. The van der Waals surface area contributed by atoms with Crippen LogP contribution in [-0.4, -0.2) is 11.5 Å². The van der Waals surface area contributed by atoms with Crippen molar-refractivity contribution in [2.75, 3.05) is 6.54 Å². The Kier molecular flexibility index (Phi) is 2.00. The Hall–Kier alpha value is -0.280. The molecule has 0 aliphatic carbocycles. The molecule has 3 heteroatoms. The second-order valence-corrected chi connectivity index (χ2v) is 3.69. The zero-order chi connectivity index (χ0) is 7.68. The van der Waals surface area contributed by atoms with Gasteiger partial charge in [-0.2, -0.15) is 0 Å². The maximum atomic E-state index is 3.48. The SMILES string of the molecule is Brc1[nH]ccc1C1CCCN1. The van der Waals surface area contributed by atoms with Crippen LogP contribution in [0.4, 0.5) is 0 Å². The van der Waals surface area contributed by atoms with Gasteiger partial charge in [-0.05, 0) is 41.4 Å². The quantitative estimate of drug-likeness (QED) is 0.738. The summed E-state index contributed by atoms with van der Waals surface area (Å²) in [5.41, 5.74) is 1.36. The van der Waals surface area contributed by atoms with Crippen molar-refractivity contribution >= 4 is 15.9 Å². The average molecular weight is 215 g/mol. The summed E-state index contributed by atoms with van der Waals surface area (Å²) >= 11 is 3.48. The maximum Gasteiger partial charge on any atom is 0.0868 e. The van der Waals surface area contributed by atoms with Gasteiger partial charge in [-0.15, -0.1) is 0 Å². The number of H-pyrrole nitrogens is 1. The third kappa shape index (κ3) is 1.35. The summed E-state index contributed by atoms with van der Waals surface area (Å²) in [6, 6.07) is 2.70. The van der Waals surface area contributed by atoms with Crippen LogP contribution in [0.5, 0.6) is 0 Å². The minimum Gasteiger partial charge on any atom is -0.356 e. The maximum absolute atomic E-state index is 3.48. The van der Waals surface area contributed by atoms with E-state index in [1.165, 1.54) is 18.4 Å². The molecule has 11 heavy (non-hydrogen) atoms. The fourth-order valence-corrected chi connectivity index (χ4v) is 2.12. The zero-order valence-corrected chi connectivity index (χ0v) is 7.82. The van der Waals surface area contributed by atoms with Crippen molar-refractivity contribution in [2.24, 2.45) is 0 Å². The minimum absolute atomic E-state index is 0.565. The fourth-order valence-electron chi connectivity index (χ4n) is 1.58. The fraction of sp³-hybridized carbons (Fsp3) is 0.500. The summed E-state index contributed by atoms with van der Waals surface area (Å²) in [4.78, 5) is 3.12. The number of aromatic amines is 1. The summed E-state index contributed by atoms with van der Waals surface area (Å²) in [5.74, 6) is 0. The van der Waals surface area contributed by atoms with Crippen LogP contribution < -0.4 is 5.32 Å². The summed E-state index contributed by atoms with van der Waals surface area (Å²) in [6.07, 6.45) is 4.53. The highest BCUT2D eigenvalue weighted by molar-refractivity contribution is 9.10. The number of rotatable bonds is 1. The van der Waals surface area contributed by atoms with Gasteiger partial charge in [-0.25, -0.2) is 0 Å². The van der Waals surface area contributed by atoms with E-state index in [2.05, 4.69) is 32.3 Å². The Morgan fingerprint density at radius 2 is 2.45 bits per heavy atom. The summed E-state index contributed by atoms with van der Waals surface area (Å²) in [5, 5.41) is 3.45. The molecular formula is C8H11BrN2. The average Bonchev–Trinajstić information content (AvgIpc) is 2.55. The number of hydrogen-bond acceptors (Lipinski definition) is 1. The van der Waals surface area contributed by atoms with Crippen LogP contribution in [0.3, 0.4) is 0 Å². The second-order valence-electron chi connectivity index (χ2n) is 2.90. The molecule has 2 nitrogen and oxygen atoms in total.